The van der Waals surface area contributed by atoms with Crippen molar-refractivity contribution in [3.05, 3.63) is 18.5 Å². The highest BCUT2D eigenvalue weighted by atomic mass is 16.5. The molecular formula is C15H20N4O2. The van der Waals surface area contributed by atoms with Gasteiger partial charge in [-0.2, -0.15) is 0 Å². The Balaban J connectivity index is 1.51. The zero-order valence-corrected chi connectivity index (χ0v) is 12.0. The molecule has 0 aromatic carbocycles. The molecule has 112 valence electrons. The van der Waals surface area contributed by atoms with Gasteiger partial charge in [0.1, 0.15) is 0 Å². The van der Waals surface area contributed by atoms with Crippen molar-refractivity contribution in [2.24, 2.45) is 5.92 Å². The van der Waals surface area contributed by atoms with E-state index in [1.54, 1.807) is 12.4 Å². The maximum Gasteiger partial charge on any atom is 0.225 e. The summed E-state index contributed by atoms with van der Waals surface area (Å²) in [7, 11) is 0. The maximum absolute atomic E-state index is 12.4. The van der Waals surface area contributed by atoms with Crippen LogP contribution in [0.4, 0.5) is 5.95 Å². The van der Waals surface area contributed by atoms with Gasteiger partial charge in [-0.15, -0.1) is 0 Å². The largest absolute Gasteiger partial charge is 0.372 e. The van der Waals surface area contributed by atoms with Gasteiger partial charge in [0.05, 0.1) is 18.8 Å². The zero-order valence-electron chi connectivity index (χ0n) is 12.0. The summed E-state index contributed by atoms with van der Waals surface area (Å²) in [5.74, 6) is 1.31. The normalized spacial score (nSPS) is 29.1. The number of rotatable bonds is 2. The Kier molecular flexibility index (Phi) is 3.25. The molecule has 2 atom stereocenters. The smallest absolute Gasteiger partial charge is 0.225 e. The molecular weight excluding hydrogens is 268 g/mol. The number of amides is 1. The van der Waals surface area contributed by atoms with E-state index in [-0.39, 0.29) is 18.1 Å². The molecule has 3 heterocycles. The van der Waals surface area contributed by atoms with Crippen LogP contribution in [0.15, 0.2) is 18.5 Å². The van der Waals surface area contributed by atoms with E-state index in [1.165, 1.54) is 6.42 Å². The van der Waals surface area contributed by atoms with E-state index >= 15 is 0 Å². The molecule has 1 aromatic rings. The molecule has 2 saturated heterocycles. The summed E-state index contributed by atoms with van der Waals surface area (Å²) in [5.41, 5.74) is 0. The predicted octanol–water partition coefficient (Wildman–Crippen LogP) is 0.693. The molecule has 1 aromatic heterocycles. The Morgan fingerprint density at radius 1 is 1.24 bits per heavy atom. The third-order valence-electron chi connectivity index (χ3n) is 4.88. The van der Waals surface area contributed by atoms with Gasteiger partial charge in [-0.3, -0.25) is 4.79 Å². The highest BCUT2D eigenvalue weighted by Gasteiger charge is 2.44. The maximum atomic E-state index is 12.4. The first-order valence-electron chi connectivity index (χ1n) is 7.77. The average molecular weight is 288 g/mol. The third-order valence-corrected chi connectivity index (χ3v) is 4.88. The Hall–Kier alpha value is -1.69. The van der Waals surface area contributed by atoms with Crippen molar-refractivity contribution in [1.82, 2.24) is 14.9 Å². The van der Waals surface area contributed by atoms with Crippen LogP contribution in [0.1, 0.15) is 19.3 Å². The van der Waals surface area contributed by atoms with Gasteiger partial charge < -0.3 is 14.5 Å². The second kappa shape index (κ2) is 5.26. The van der Waals surface area contributed by atoms with Gasteiger partial charge in [0, 0.05) is 37.9 Å². The number of carbonyl (C=O) groups is 1. The molecule has 0 spiro atoms. The number of hydrogen-bond donors (Lipinski definition) is 0. The minimum atomic E-state index is 0.0894. The summed E-state index contributed by atoms with van der Waals surface area (Å²) in [6.45, 7) is 2.91. The molecule has 2 aliphatic heterocycles. The lowest BCUT2D eigenvalue weighted by molar-refractivity contribution is -0.137. The van der Waals surface area contributed by atoms with E-state index in [4.69, 9.17) is 4.74 Å². The molecule has 0 unspecified atom stereocenters. The van der Waals surface area contributed by atoms with Gasteiger partial charge in [-0.1, -0.05) is 6.42 Å². The lowest BCUT2D eigenvalue weighted by Crippen LogP contribution is -2.51. The number of likely N-dealkylation sites (tertiary alicyclic amines) is 1. The number of morpholine rings is 1. The first kappa shape index (κ1) is 13.0. The minimum absolute atomic E-state index is 0.0894. The van der Waals surface area contributed by atoms with Crippen molar-refractivity contribution in [3.63, 3.8) is 0 Å². The Morgan fingerprint density at radius 2 is 2.05 bits per heavy atom. The highest BCUT2D eigenvalue weighted by molar-refractivity contribution is 5.80. The van der Waals surface area contributed by atoms with Crippen molar-refractivity contribution in [2.75, 3.05) is 31.1 Å². The fraction of sp³-hybridized carbons (Fsp3) is 0.667. The molecule has 0 radical (unpaired) electrons. The number of hydrogen-bond acceptors (Lipinski definition) is 5. The average Bonchev–Trinajstić information content (AvgIpc) is 2.90. The van der Waals surface area contributed by atoms with Crippen molar-refractivity contribution >= 4 is 11.9 Å². The Bertz CT molecular complexity index is 520. The summed E-state index contributed by atoms with van der Waals surface area (Å²) < 4.78 is 5.87. The molecule has 1 saturated carbocycles. The molecule has 4 rings (SSSR count). The highest BCUT2D eigenvalue weighted by Crippen LogP contribution is 2.32. The van der Waals surface area contributed by atoms with Crippen LogP contribution in [-0.2, 0) is 9.53 Å². The van der Waals surface area contributed by atoms with Crippen LogP contribution >= 0.6 is 0 Å². The molecule has 3 aliphatic rings. The van der Waals surface area contributed by atoms with Crippen LogP contribution in [0, 0.1) is 5.92 Å². The molecule has 6 heteroatoms. The standard InChI is InChI=1S/C15H20N4O2/c20-14(11-3-1-4-11)18-9-12-13(10-18)21-8-7-19(12)15-16-5-2-6-17-15/h2,5-6,11-13H,1,3-4,7-10H2/t12-,13+/m1/s1. The molecule has 3 fully saturated rings. The van der Waals surface area contributed by atoms with E-state index in [9.17, 15) is 4.79 Å². The van der Waals surface area contributed by atoms with Crippen LogP contribution in [0.5, 0.6) is 0 Å². The fourth-order valence-electron chi connectivity index (χ4n) is 3.47. The lowest BCUT2D eigenvalue weighted by atomic mass is 9.84. The number of aromatic nitrogens is 2. The molecule has 21 heavy (non-hydrogen) atoms. The minimum Gasteiger partial charge on any atom is -0.372 e. The second-order valence-electron chi connectivity index (χ2n) is 6.09. The van der Waals surface area contributed by atoms with E-state index in [2.05, 4.69) is 14.9 Å². The SMILES string of the molecule is O=C(C1CCC1)N1C[C@@H]2OCCN(c3ncccn3)[C@@H]2C1. The first-order valence-corrected chi connectivity index (χ1v) is 7.77. The summed E-state index contributed by atoms with van der Waals surface area (Å²) in [4.78, 5) is 25.3. The number of carbonyl (C=O) groups excluding carboxylic acids is 1. The van der Waals surface area contributed by atoms with Crippen molar-refractivity contribution in [3.8, 4) is 0 Å². The Labute approximate surface area is 124 Å². The van der Waals surface area contributed by atoms with Crippen LogP contribution in [0.3, 0.4) is 0 Å². The molecule has 0 bridgehead atoms. The second-order valence-corrected chi connectivity index (χ2v) is 6.09. The number of fused-ring (bicyclic) bond motifs is 1. The van der Waals surface area contributed by atoms with Crippen LogP contribution in [-0.4, -0.2) is 59.2 Å². The van der Waals surface area contributed by atoms with Gasteiger partial charge in [0.2, 0.25) is 11.9 Å². The van der Waals surface area contributed by atoms with Gasteiger partial charge in [0.15, 0.2) is 0 Å². The molecule has 0 N–H and O–H groups in total. The number of nitrogens with zero attached hydrogens (tertiary/aromatic N) is 4. The zero-order chi connectivity index (χ0) is 14.2. The van der Waals surface area contributed by atoms with Crippen molar-refractivity contribution < 1.29 is 9.53 Å². The van der Waals surface area contributed by atoms with Crippen LogP contribution in [0.25, 0.3) is 0 Å². The van der Waals surface area contributed by atoms with E-state index in [0.717, 1.165) is 31.9 Å². The summed E-state index contributed by atoms with van der Waals surface area (Å²) in [6, 6.07) is 2.01. The fourth-order valence-corrected chi connectivity index (χ4v) is 3.47. The van der Waals surface area contributed by atoms with E-state index in [1.807, 2.05) is 11.0 Å². The van der Waals surface area contributed by atoms with Crippen LogP contribution in [0.2, 0.25) is 0 Å². The number of anilines is 1. The number of ether oxygens (including phenoxy) is 1. The Morgan fingerprint density at radius 3 is 2.76 bits per heavy atom. The monoisotopic (exact) mass is 288 g/mol. The van der Waals surface area contributed by atoms with E-state index in [0.29, 0.717) is 19.1 Å². The van der Waals surface area contributed by atoms with Crippen molar-refractivity contribution in [2.45, 2.75) is 31.4 Å². The molecule has 1 amide bonds. The van der Waals surface area contributed by atoms with Gasteiger partial charge >= 0.3 is 0 Å². The first-order chi connectivity index (χ1) is 10.3. The summed E-state index contributed by atoms with van der Waals surface area (Å²) in [5, 5.41) is 0. The molecule has 6 nitrogen and oxygen atoms in total. The van der Waals surface area contributed by atoms with Gasteiger partial charge in [-0.25, -0.2) is 9.97 Å². The van der Waals surface area contributed by atoms with E-state index < -0.39 is 0 Å². The van der Waals surface area contributed by atoms with Gasteiger partial charge in [-0.05, 0) is 18.9 Å². The third kappa shape index (κ3) is 2.27. The van der Waals surface area contributed by atoms with Gasteiger partial charge in [0.25, 0.3) is 0 Å². The van der Waals surface area contributed by atoms with Crippen LogP contribution < -0.4 is 4.90 Å². The lowest BCUT2D eigenvalue weighted by Gasteiger charge is -2.36. The summed E-state index contributed by atoms with van der Waals surface area (Å²) in [6.07, 6.45) is 6.91. The van der Waals surface area contributed by atoms with Crippen molar-refractivity contribution in [1.29, 1.82) is 0 Å². The predicted molar refractivity (Wildman–Crippen MR) is 76.8 cm³/mol. The molecule has 1 aliphatic carbocycles. The summed E-state index contributed by atoms with van der Waals surface area (Å²) >= 11 is 0. The quantitative estimate of drug-likeness (QED) is 0.801. The topological polar surface area (TPSA) is 58.6 Å².